The van der Waals surface area contributed by atoms with Gasteiger partial charge in [-0.1, -0.05) is 6.42 Å². The van der Waals surface area contributed by atoms with E-state index in [-0.39, 0.29) is 23.4 Å². The molecule has 172 valence electrons. The minimum absolute atomic E-state index is 0.0774. The number of carbonyl (C=O) groups is 1. The van der Waals surface area contributed by atoms with Crippen LogP contribution in [-0.4, -0.2) is 46.1 Å². The molecule has 2 heterocycles. The summed E-state index contributed by atoms with van der Waals surface area (Å²) in [7, 11) is 0. The number of hydrogen-bond acceptors (Lipinski definition) is 6. The number of ether oxygens (including phenoxy) is 1. The number of rotatable bonds is 6. The molecule has 34 heavy (non-hydrogen) atoms. The van der Waals surface area contributed by atoms with Gasteiger partial charge in [0.1, 0.15) is 23.4 Å². The zero-order chi connectivity index (χ0) is 23.2. The first kappa shape index (κ1) is 21.2. The van der Waals surface area contributed by atoms with Gasteiger partial charge in [0.15, 0.2) is 5.78 Å². The molecule has 0 amide bonds. The Morgan fingerprint density at radius 3 is 2.29 bits per heavy atom. The summed E-state index contributed by atoms with van der Waals surface area (Å²) in [6, 6.07) is 20.1. The number of likely N-dealkylation sites (tertiary alicyclic amines) is 1. The summed E-state index contributed by atoms with van der Waals surface area (Å²) < 4.78 is 6.95. The number of aromatic hydroxyl groups is 2. The van der Waals surface area contributed by atoms with E-state index in [1.54, 1.807) is 42.5 Å². The van der Waals surface area contributed by atoms with Crippen LogP contribution in [0, 0.1) is 0 Å². The zero-order valence-corrected chi connectivity index (χ0v) is 19.4. The molecule has 4 aromatic rings. The van der Waals surface area contributed by atoms with E-state index >= 15 is 0 Å². The molecule has 1 aliphatic carbocycles. The molecule has 0 atom stereocenters. The van der Waals surface area contributed by atoms with Crippen molar-refractivity contribution in [3.63, 3.8) is 0 Å². The maximum Gasteiger partial charge on any atom is 0.195 e. The van der Waals surface area contributed by atoms with E-state index in [0.29, 0.717) is 11.1 Å². The summed E-state index contributed by atoms with van der Waals surface area (Å²) in [5, 5.41) is 20.5. The fraction of sp³-hybridized carbons (Fsp3) is 0.250. The lowest BCUT2D eigenvalue weighted by Gasteiger charge is -2.47. The van der Waals surface area contributed by atoms with Gasteiger partial charge in [-0.05, 0) is 85.1 Å². The molecule has 6 rings (SSSR count). The van der Waals surface area contributed by atoms with E-state index in [2.05, 4.69) is 4.90 Å². The summed E-state index contributed by atoms with van der Waals surface area (Å²) in [6.07, 6.45) is 4.19. The van der Waals surface area contributed by atoms with E-state index in [1.807, 2.05) is 24.3 Å². The Kier molecular flexibility index (Phi) is 5.27. The van der Waals surface area contributed by atoms with Gasteiger partial charge in [-0.15, -0.1) is 11.3 Å². The van der Waals surface area contributed by atoms with E-state index < -0.39 is 0 Å². The van der Waals surface area contributed by atoms with Crippen LogP contribution in [0.5, 0.6) is 17.2 Å². The van der Waals surface area contributed by atoms with Crippen LogP contribution in [0.15, 0.2) is 66.7 Å². The number of thiophene rings is 1. The molecular formula is C28H25NO4S. The summed E-state index contributed by atoms with van der Waals surface area (Å²) in [5.74, 6) is 1.05. The van der Waals surface area contributed by atoms with Gasteiger partial charge in [0.05, 0.1) is 0 Å². The van der Waals surface area contributed by atoms with Crippen LogP contribution < -0.4 is 4.74 Å². The predicted octanol–water partition coefficient (Wildman–Crippen LogP) is 5.83. The number of hydrogen-bond donors (Lipinski definition) is 2. The molecule has 0 radical (unpaired) electrons. The third kappa shape index (κ3) is 3.83. The maximum atomic E-state index is 13.7. The molecule has 6 heteroatoms. The number of fused-ring (bicyclic) bond motifs is 1. The molecular weight excluding hydrogens is 446 g/mol. The summed E-state index contributed by atoms with van der Waals surface area (Å²) >= 11 is 1.46. The van der Waals surface area contributed by atoms with Crippen LogP contribution in [0.4, 0.5) is 0 Å². The van der Waals surface area contributed by atoms with Gasteiger partial charge in [0.2, 0.25) is 0 Å². The SMILES string of the molecule is O=C(c1ccc(OC2CN(C3CCC3)C2)cc1)c1c(-c2ccc(O)cc2)sc2cc(O)ccc12. The van der Waals surface area contributed by atoms with E-state index in [0.717, 1.165) is 45.4 Å². The molecule has 2 fully saturated rings. The largest absolute Gasteiger partial charge is 0.508 e. The highest BCUT2D eigenvalue weighted by Crippen LogP contribution is 2.41. The monoisotopic (exact) mass is 471 g/mol. The molecule has 2 aliphatic rings. The van der Waals surface area contributed by atoms with Gasteiger partial charge >= 0.3 is 0 Å². The summed E-state index contributed by atoms with van der Waals surface area (Å²) in [6.45, 7) is 1.96. The highest BCUT2D eigenvalue weighted by Gasteiger charge is 2.36. The molecule has 1 aromatic heterocycles. The van der Waals surface area contributed by atoms with E-state index in [9.17, 15) is 15.0 Å². The Labute approximate surface area is 201 Å². The molecule has 1 saturated carbocycles. The van der Waals surface area contributed by atoms with Gasteiger partial charge in [0.25, 0.3) is 0 Å². The number of nitrogens with zero attached hydrogens (tertiary/aromatic N) is 1. The van der Waals surface area contributed by atoms with Crippen LogP contribution in [0.3, 0.4) is 0 Å². The maximum absolute atomic E-state index is 13.7. The average molecular weight is 472 g/mol. The van der Waals surface area contributed by atoms with Crippen molar-refractivity contribution in [1.82, 2.24) is 4.90 Å². The Balaban J connectivity index is 1.27. The topological polar surface area (TPSA) is 70.0 Å². The first-order valence-electron chi connectivity index (χ1n) is 11.7. The second kappa shape index (κ2) is 8.46. The van der Waals surface area contributed by atoms with Crippen molar-refractivity contribution < 1.29 is 19.7 Å². The highest BCUT2D eigenvalue weighted by molar-refractivity contribution is 7.22. The van der Waals surface area contributed by atoms with Crippen LogP contribution in [0.1, 0.15) is 35.2 Å². The summed E-state index contributed by atoms with van der Waals surface area (Å²) in [5.41, 5.74) is 2.04. The third-order valence-corrected chi connectivity index (χ3v) is 8.12. The van der Waals surface area contributed by atoms with Gasteiger partial charge < -0.3 is 14.9 Å². The first-order valence-corrected chi connectivity index (χ1v) is 12.5. The second-order valence-electron chi connectivity index (χ2n) is 9.17. The number of phenolic OH excluding ortho intramolecular Hbond substituents is 2. The van der Waals surface area contributed by atoms with Gasteiger partial charge in [-0.25, -0.2) is 0 Å². The Bertz CT molecular complexity index is 1350. The second-order valence-corrected chi connectivity index (χ2v) is 10.2. The fourth-order valence-electron chi connectivity index (χ4n) is 4.74. The van der Waals surface area contributed by atoms with Gasteiger partial charge in [-0.3, -0.25) is 9.69 Å². The van der Waals surface area contributed by atoms with Crippen molar-refractivity contribution in [2.24, 2.45) is 0 Å². The molecule has 0 unspecified atom stereocenters. The zero-order valence-electron chi connectivity index (χ0n) is 18.6. The van der Waals surface area contributed by atoms with Crippen LogP contribution >= 0.6 is 11.3 Å². The van der Waals surface area contributed by atoms with Crippen molar-refractivity contribution in [3.8, 4) is 27.7 Å². The minimum atomic E-state index is -0.0774. The normalized spacial score (nSPS) is 16.8. The lowest BCUT2D eigenvalue weighted by atomic mass is 9.89. The van der Waals surface area contributed by atoms with Gasteiger partial charge in [-0.2, -0.15) is 0 Å². The molecule has 2 N–H and O–H groups in total. The van der Waals surface area contributed by atoms with Crippen molar-refractivity contribution in [3.05, 3.63) is 77.9 Å². The predicted molar refractivity (Wildman–Crippen MR) is 134 cm³/mol. The van der Waals surface area contributed by atoms with Gasteiger partial charge in [0, 0.05) is 45.2 Å². The molecule has 1 saturated heterocycles. The molecule has 1 aliphatic heterocycles. The quantitative estimate of drug-likeness (QED) is 0.347. The lowest BCUT2D eigenvalue weighted by molar-refractivity contribution is -0.0308. The number of carbonyl (C=O) groups excluding carboxylic acids is 1. The minimum Gasteiger partial charge on any atom is -0.508 e. The van der Waals surface area contributed by atoms with Crippen molar-refractivity contribution in [2.75, 3.05) is 13.1 Å². The standard InChI is InChI=1S/C28H25NO4S/c30-20-8-4-18(5-9-20)28-26(24-13-10-21(31)14-25(24)34-28)27(32)17-6-11-22(12-7-17)33-23-15-29(16-23)19-2-1-3-19/h4-14,19,23,30-31H,1-3,15-16H2. The molecule has 0 spiro atoms. The van der Waals surface area contributed by atoms with Crippen molar-refractivity contribution in [2.45, 2.75) is 31.4 Å². The highest BCUT2D eigenvalue weighted by atomic mass is 32.1. The number of benzene rings is 3. The Morgan fingerprint density at radius 1 is 0.912 bits per heavy atom. The Hall–Kier alpha value is -3.35. The average Bonchev–Trinajstić information content (AvgIpc) is 3.15. The van der Waals surface area contributed by atoms with Crippen LogP contribution in [0.2, 0.25) is 0 Å². The molecule has 5 nitrogen and oxygen atoms in total. The van der Waals surface area contributed by atoms with Crippen LogP contribution in [0.25, 0.3) is 20.5 Å². The lowest BCUT2D eigenvalue weighted by Crippen LogP contribution is -2.59. The fourth-order valence-corrected chi connectivity index (χ4v) is 5.98. The smallest absolute Gasteiger partial charge is 0.195 e. The third-order valence-electron chi connectivity index (χ3n) is 6.92. The Morgan fingerprint density at radius 2 is 1.62 bits per heavy atom. The van der Waals surface area contributed by atoms with Crippen LogP contribution in [-0.2, 0) is 0 Å². The summed E-state index contributed by atoms with van der Waals surface area (Å²) in [4.78, 5) is 17.0. The van der Waals surface area contributed by atoms with Crippen molar-refractivity contribution >= 4 is 27.2 Å². The first-order chi connectivity index (χ1) is 16.5. The number of ketones is 1. The van der Waals surface area contributed by atoms with E-state index in [1.165, 1.54) is 30.6 Å². The van der Waals surface area contributed by atoms with E-state index in [4.69, 9.17) is 4.74 Å². The molecule has 3 aromatic carbocycles. The molecule has 0 bridgehead atoms. The van der Waals surface area contributed by atoms with Crippen molar-refractivity contribution in [1.29, 1.82) is 0 Å². The number of phenols is 2.